The molecule has 1 fully saturated rings. The van der Waals surface area contributed by atoms with E-state index in [1.165, 1.54) is 31.4 Å². The van der Waals surface area contributed by atoms with Crippen molar-refractivity contribution >= 4 is 29.6 Å². The zero-order chi connectivity index (χ0) is 20.3. The third-order valence-electron chi connectivity index (χ3n) is 4.09. The number of methoxy groups -OCH3 is 1. The molecule has 3 rings (SSSR count). The van der Waals surface area contributed by atoms with E-state index < -0.39 is 22.8 Å². The van der Waals surface area contributed by atoms with Crippen LogP contribution in [0.2, 0.25) is 0 Å². The number of hydrogen-bond acceptors (Lipinski definition) is 6. The summed E-state index contributed by atoms with van der Waals surface area (Å²) in [5.41, 5.74) is 0.319. The van der Waals surface area contributed by atoms with Gasteiger partial charge >= 0.3 is 6.03 Å². The Hall–Kier alpha value is -4.01. The summed E-state index contributed by atoms with van der Waals surface area (Å²) >= 11 is 0. The van der Waals surface area contributed by atoms with Crippen LogP contribution >= 0.6 is 0 Å². The molecule has 0 aromatic heterocycles. The van der Waals surface area contributed by atoms with Crippen molar-refractivity contribution in [2.75, 3.05) is 7.11 Å². The van der Waals surface area contributed by atoms with Crippen LogP contribution in [0.3, 0.4) is 0 Å². The van der Waals surface area contributed by atoms with Crippen LogP contribution in [-0.4, -0.2) is 34.8 Å². The van der Waals surface area contributed by atoms with Crippen molar-refractivity contribution in [3.8, 4) is 5.75 Å². The molecule has 142 valence electrons. The molecule has 0 radical (unpaired) electrons. The van der Waals surface area contributed by atoms with Gasteiger partial charge in [0.2, 0.25) is 0 Å². The molecule has 0 spiro atoms. The first-order chi connectivity index (χ1) is 13.4. The van der Waals surface area contributed by atoms with Crippen LogP contribution in [0.1, 0.15) is 11.1 Å². The third kappa shape index (κ3) is 3.73. The Labute approximate surface area is 159 Å². The molecule has 28 heavy (non-hydrogen) atoms. The van der Waals surface area contributed by atoms with E-state index in [9.17, 15) is 24.5 Å². The Balaban J connectivity index is 1.99. The number of non-ortho nitro benzene ring substituents is 1. The molecule has 1 aliphatic rings. The van der Waals surface area contributed by atoms with E-state index in [-0.39, 0.29) is 29.1 Å². The van der Waals surface area contributed by atoms with Crippen LogP contribution in [0.15, 0.2) is 54.1 Å². The molecule has 0 unspecified atom stereocenters. The van der Waals surface area contributed by atoms with Crippen molar-refractivity contribution in [3.05, 3.63) is 75.3 Å². The Kier molecular flexibility index (Phi) is 5.16. The zero-order valence-electron chi connectivity index (χ0n) is 14.7. The molecule has 9 nitrogen and oxygen atoms in total. The highest BCUT2D eigenvalue weighted by Crippen LogP contribution is 2.27. The monoisotopic (exact) mass is 381 g/mol. The molecule has 0 atom stereocenters. The number of nitro benzene ring substituents is 1. The van der Waals surface area contributed by atoms with E-state index in [0.717, 1.165) is 4.90 Å². The summed E-state index contributed by atoms with van der Waals surface area (Å²) in [7, 11) is 1.36. The molecule has 1 saturated heterocycles. The van der Waals surface area contributed by atoms with Crippen molar-refractivity contribution in [3.63, 3.8) is 0 Å². The number of nitro groups is 1. The standard InChI is InChI=1S/C19H15N3O6/c1-28-16-8-7-14(22(26)27)9-13(16)10-15-17(23)20-19(25)21(18(15)24)11-12-5-3-2-4-6-12/h2-10H,11H2,1H3,(H,20,23,25)/b15-10-. The van der Waals surface area contributed by atoms with Crippen molar-refractivity contribution in [1.29, 1.82) is 0 Å². The average Bonchev–Trinajstić information content (AvgIpc) is 2.69. The number of nitrogens with one attached hydrogen (secondary N) is 1. The summed E-state index contributed by atoms with van der Waals surface area (Å²) in [6.45, 7) is -0.0256. The second-order valence-corrected chi connectivity index (χ2v) is 5.88. The molecule has 2 aromatic rings. The van der Waals surface area contributed by atoms with Crippen molar-refractivity contribution in [1.82, 2.24) is 10.2 Å². The number of carbonyl (C=O) groups excluding carboxylic acids is 3. The summed E-state index contributed by atoms with van der Waals surface area (Å²) in [6, 6.07) is 11.8. The lowest BCUT2D eigenvalue weighted by Gasteiger charge is -2.26. The largest absolute Gasteiger partial charge is 0.496 e. The lowest BCUT2D eigenvalue weighted by Crippen LogP contribution is -2.53. The van der Waals surface area contributed by atoms with Gasteiger partial charge in [-0.05, 0) is 17.7 Å². The Bertz CT molecular complexity index is 1000. The van der Waals surface area contributed by atoms with Gasteiger partial charge in [-0.3, -0.25) is 29.9 Å². The molecule has 1 heterocycles. The fourth-order valence-electron chi connectivity index (χ4n) is 2.71. The van der Waals surface area contributed by atoms with Gasteiger partial charge in [-0.25, -0.2) is 4.79 Å². The van der Waals surface area contributed by atoms with E-state index in [2.05, 4.69) is 5.32 Å². The molecule has 2 aromatic carbocycles. The maximum Gasteiger partial charge on any atom is 0.331 e. The van der Waals surface area contributed by atoms with Gasteiger partial charge in [0, 0.05) is 17.7 Å². The van der Waals surface area contributed by atoms with Gasteiger partial charge in [0.25, 0.3) is 17.5 Å². The molecule has 1 N–H and O–H groups in total. The van der Waals surface area contributed by atoms with Crippen LogP contribution in [0.25, 0.3) is 6.08 Å². The molecular formula is C19H15N3O6. The van der Waals surface area contributed by atoms with Crippen LogP contribution in [0, 0.1) is 10.1 Å². The number of rotatable bonds is 5. The number of benzene rings is 2. The Morgan fingerprint density at radius 1 is 1.14 bits per heavy atom. The van der Waals surface area contributed by atoms with E-state index in [1.54, 1.807) is 30.3 Å². The number of imide groups is 2. The summed E-state index contributed by atoms with van der Waals surface area (Å²) in [4.78, 5) is 48.4. The fraction of sp³-hybridized carbons (Fsp3) is 0.105. The smallest absolute Gasteiger partial charge is 0.331 e. The highest BCUT2D eigenvalue weighted by atomic mass is 16.6. The third-order valence-corrected chi connectivity index (χ3v) is 4.09. The van der Waals surface area contributed by atoms with E-state index in [1.807, 2.05) is 0 Å². The quantitative estimate of drug-likeness (QED) is 0.367. The van der Waals surface area contributed by atoms with Crippen molar-refractivity contribution in [2.24, 2.45) is 0 Å². The Morgan fingerprint density at radius 3 is 2.50 bits per heavy atom. The molecule has 0 bridgehead atoms. The topological polar surface area (TPSA) is 119 Å². The highest BCUT2D eigenvalue weighted by Gasteiger charge is 2.36. The minimum atomic E-state index is -0.882. The summed E-state index contributed by atoms with van der Waals surface area (Å²) < 4.78 is 5.14. The number of ether oxygens (including phenoxy) is 1. The van der Waals surface area contributed by atoms with Gasteiger partial charge in [0.15, 0.2) is 0 Å². The second kappa shape index (κ2) is 7.70. The molecule has 4 amide bonds. The predicted molar refractivity (Wildman–Crippen MR) is 98.2 cm³/mol. The van der Waals surface area contributed by atoms with Crippen LogP contribution < -0.4 is 10.1 Å². The molecule has 0 saturated carbocycles. The number of hydrogen-bond donors (Lipinski definition) is 1. The van der Waals surface area contributed by atoms with Gasteiger partial charge in [-0.15, -0.1) is 0 Å². The molecule has 9 heteroatoms. The summed E-state index contributed by atoms with van der Waals surface area (Å²) in [5, 5.41) is 13.1. The maximum atomic E-state index is 12.8. The van der Waals surface area contributed by atoms with Crippen molar-refractivity contribution in [2.45, 2.75) is 6.54 Å². The lowest BCUT2D eigenvalue weighted by atomic mass is 10.1. The van der Waals surface area contributed by atoms with Crippen molar-refractivity contribution < 1.29 is 24.0 Å². The molecular weight excluding hydrogens is 366 g/mol. The summed E-state index contributed by atoms with van der Waals surface area (Å²) in [6.07, 6.45) is 1.17. The van der Waals surface area contributed by atoms with Gasteiger partial charge in [-0.1, -0.05) is 30.3 Å². The predicted octanol–water partition coefficient (Wildman–Crippen LogP) is 2.27. The normalized spacial score (nSPS) is 15.5. The van der Waals surface area contributed by atoms with Crippen LogP contribution in [0.5, 0.6) is 5.75 Å². The Morgan fingerprint density at radius 2 is 1.86 bits per heavy atom. The molecule has 1 aliphatic heterocycles. The van der Waals surface area contributed by atoms with E-state index in [4.69, 9.17) is 4.74 Å². The minimum Gasteiger partial charge on any atom is -0.496 e. The SMILES string of the molecule is COc1ccc([N+](=O)[O-])cc1/C=C1/C(=O)NC(=O)N(Cc2ccccc2)C1=O. The second-order valence-electron chi connectivity index (χ2n) is 5.88. The number of barbiturate groups is 1. The number of urea groups is 1. The minimum absolute atomic E-state index is 0.0256. The van der Waals surface area contributed by atoms with Crippen LogP contribution in [-0.2, 0) is 16.1 Å². The number of nitrogens with zero attached hydrogens (tertiary/aromatic N) is 2. The number of carbonyl (C=O) groups is 3. The fourth-order valence-corrected chi connectivity index (χ4v) is 2.71. The highest BCUT2D eigenvalue weighted by molar-refractivity contribution is 6.31. The summed E-state index contributed by atoms with van der Waals surface area (Å²) in [5.74, 6) is -1.44. The van der Waals surface area contributed by atoms with Crippen LogP contribution in [0.4, 0.5) is 10.5 Å². The maximum absolute atomic E-state index is 12.8. The van der Waals surface area contributed by atoms with E-state index in [0.29, 0.717) is 5.56 Å². The zero-order valence-corrected chi connectivity index (χ0v) is 14.7. The van der Waals surface area contributed by atoms with Gasteiger partial charge in [0.1, 0.15) is 11.3 Å². The lowest BCUT2D eigenvalue weighted by molar-refractivity contribution is -0.384. The first-order valence-electron chi connectivity index (χ1n) is 8.16. The first-order valence-corrected chi connectivity index (χ1v) is 8.16. The van der Waals surface area contributed by atoms with Gasteiger partial charge in [-0.2, -0.15) is 0 Å². The molecule has 0 aliphatic carbocycles. The number of amides is 4. The first kappa shape index (κ1) is 18.8. The van der Waals surface area contributed by atoms with E-state index >= 15 is 0 Å². The average molecular weight is 381 g/mol. The van der Waals surface area contributed by atoms with Gasteiger partial charge < -0.3 is 4.74 Å². The van der Waals surface area contributed by atoms with Gasteiger partial charge in [0.05, 0.1) is 18.6 Å².